The van der Waals surface area contributed by atoms with E-state index in [1.807, 2.05) is 0 Å². The second-order valence-electron chi connectivity index (χ2n) is 10.8. The van der Waals surface area contributed by atoms with E-state index < -0.39 is 0 Å². The summed E-state index contributed by atoms with van der Waals surface area (Å²) in [5.74, 6) is 3.88. The molecule has 3 aliphatic carbocycles. The largest absolute Gasteiger partial charge is 0.465 e. The van der Waals surface area contributed by atoms with Crippen LogP contribution in [-0.2, 0) is 15.9 Å². The summed E-state index contributed by atoms with van der Waals surface area (Å²) in [6.45, 7) is 6.99. The molecule has 3 fully saturated rings. The summed E-state index contributed by atoms with van der Waals surface area (Å²) in [4.78, 5) is 0. The van der Waals surface area contributed by atoms with Crippen LogP contribution in [0, 0.1) is 23.2 Å². The molecule has 4 nitrogen and oxygen atoms in total. The average Bonchev–Trinajstić information content (AvgIpc) is 3.13. The molecular formula is C28H40O4. The van der Waals surface area contributed by atoms with Gasteiger partial charge in [0, 0.05) is 6.42 Å². The lowest BCUT2D eigenvalue weighted by Crippen LogP contribution is -2.43. The van der Waals surface area contributed by atoms with Gasteiger partial charge in [0.2, 0.25) is 0 Å². The van der Waals surface area contributed by atoms with Gasteiger partial charge in [-0.3, -0.25) is 0 Å². The van der Waals surface area contributed by atoms with Gasteiger partial charge in [-0.2, -0.15) is 0 Å². The Labute approximate surface area is 193 Å². The Morgan fingerprint density at radius 1 is 1.22 bits per heavy atom. The van der Waals surface area contributed by atoms with Crippen molar-refractivity contribution < 1.29 is 19.3 Å². The molecule has 1 heterocycles. The van der Waals surface area contributed by atoms with Gasteiger partial charge in [0.25, 0.3) is 0 Å². The second-order valence-corrected chi connectivity index (χ2v) is 10.8. The number of fused-ring (bicyclic) bond motifs is 5. The monoisotopic (exact) mass is 440 g/mol. The van der Waals surface area contributed by atoms with Crippen LogP contribution in [0.5, 0.6) is 5.75 Å². The molecule has 0 spiro atoms. The molecule has 4 heteroatoms. The van der Waals surface area contributed by atoms with Crippen molar-refractivity contribution in [2.24, 2.45) is 23.2 Å². The van der Waals surface area contributed by atoms with Gasteiger partial charge < -0.3 is 19.3 Å². The van der Waals surface area contributed by atoms with E-state index in [4.69, 9.17) is 19.3 Å². The molecule has 1 N–H and O–H groups in total. The molecule has 32 heavy (non-hydrogen) atoms. The molecule has 0 radical (unpaired) electrons. The molecule has 176 valence electrons. The van der Waals surface area contributed by atoms with Crippen molar-refractivity contribution in [2.45, 2.75) is 77.4 Å². The Kier molecular flexibility index (Phi) is 6.65. The number of benzene rings is 1. The summed E-state index contributed by atoms with van der Waals surface area (Å²) in [5.41, 5.74) is 5.00. The standard InChI is InChI=1S/C28H40O4/c1-19-17-20-18-22(32-26-5-3-4-14-31-26)7-8-23(20)24-10-12-28(2)21(11-15-30-16-13-29)6-9-25(28)27(19)24/h7-8,11,18-19,24-27,29H,3-6,9-10,12-17H2,1-2H3/t19-,24-,25+,26?,27-,28-/m1/s1. The van der Waals surface area contributed by atoms with Crippen LogP contribution in [0.4, 0.5) is 0 Å². The fourth-order valence-corrected chi connectivity index (χ4v) is 7.48. The van der Waals surface area contributed by atoms with Gasteiger partial charge in [-0.1, -0.05) is 31.6 Å². The lowest BCUT2D eigenvalue weighted by molar-refractivity contribution is -0.105. The second kappa shape index (κ2) is 9.48. The molecule has 0 amide bonds. The molecule has 1 aromatic carbocycles. The number of hydrogen-bond donors (Lipinski definition) is 1. The van der Waals surface area contributed by atoms with Crippen LogP contribution in [0.25, 0.3) is 0 Å². The molecule has 0 bridgehead atoms. The van der Waals surface area contributed by atoms with Gasteiger partial charge in [-0.25, -0.2) is 0 Å². The summed E-state index contributed by atoms with van der Waals surface area (Å²) in [6.07, 6.45) is 11.8. The van der Waals surface area contributed by atoms with Crippen LogP contribution in [0.15, 0.2) is 29.8 Å². The summed E-state index contributed by atoms with van der Waals surface area (Å²) in [6, 6.07) is 6.87. The van der Waals surface area contributed by atoms with Crippen molar-refractivity contribution in [1.29, 1.82) is 0 Å². The number of rotatable bonds is 6. The average molecular weight is 441 g/mol. The third-order valence-electron chi connectivity index (χ3n) is 8.98. The van der Waals surface area contributed by atoms with Gasteiger partial charge in [-0.05, 0) is 97.3 Å². The fourth-order valence-electron chi connectivity index (χ4n) is 7.48. The first-order valence-corrected chi connectivity index (χ1v) is 12.9. The highest BCUT2D eigenvalue weighted by molar-refractivity contribution is 5.42. The first-order valence-electron chi connectivity index (χ1n) is 12.9. The molecule has 6 atom stereocenters. The van der Waals surface area contributed by atoms with Crippen molar-refractivity contribution in [3.8, 4) is 5.75 Å². The number of ether oxygens (including phenoxy) is 3. The quantitative estimate of drug-likeness (QED) is 0.460. The van der Waals surface area contributed by atoms with Crippen molar-refractivity contribution >= 4 is 0 Å². The van der Waals surface area contributed by atoms with E-state index in [9.17, 15) is 0 Å². The normalized spacial score (nSPS) is 37.6. The van der Waals surface area contributed by atoms with Gasteiger partial charge in [-0.15, -0.1) is 0 Å². The summed E-state index contributed by atoms with van der Waals surface area (Å²) >= 11 is 0. The van der Waals surface area contributed by atoms with E-state index in [1.54, 1.807) is 11.1 Å². The maximum absolute atomic E-state index is 8.97. The minimum atomic E-state index is -0.0731. The van der Waals surface area contributed by atoms with Crippen LogP contribution in [-0.4, -0.2) is 37.8 Å². The lowest BCUT2D eigenvalue weighted by Gasteiger charge is -2.52. The molecule has 1 saturated heterocycles. The third kappa shape index (κ3) is 4.15. The minimum Gasteiger partial charge on any atom is -0.465 e. The Hall–Kier alpha value is -1.36. The van der Waals surface area contributed by atoms with Crippen molar-refractivity contribution in [3.63, 3.8) is 0 Å². The number of allylic oxidation sites excluding steroid dienone is 1. The van der Waals surface area contributed by atoms with Gasteiger partial charge in [0.05, 0.1) is 26.4 Å². The van der Waals surface area contributed by atoms with Crippen LogP contribution >= 0.6 is 0 Å². The Morgan fingerprint density at radius 3 is 2.94 bits per heavy atom. The molecule has 2 saturated carbocycles. The van der Waals surface area contributed by atoms with Crippen LogP contribution in [0.1, 0.15) is 75.8 Å². The van der Waals surface area contributed by atoms with Crippen molar-refractivity contribution in [1.82, 2.24) is 0 Å². The Morgan fingerprint density at radius 2 is 2.12 bits per heavy atom. The predicted octanol–water partition coefficient (Wildman–Crippen LogP) is 5.63. The summed E-state index contributed by atoms with van der Waals surface area (Å²) in [5, 5.41) is 8.97. The molecule has 1 aliphatic heterocycles. The molecular weight excluding hydrogens is 400 g/mol. The smallest absolute Gasteiger partial charge is 0.199 e. The molecule has 5 rings (SSSR count). The van der Waals surface area contributed by atoms with Crippen molar-refractivity contribution in [2.75, 3.05) is 26.4 Å². The zero-order chi connectivity index (χ0) is 22.1. The lowest BCUT2D eigenvalue weighted by atomic mass is 9.52. The van der Waals surface area contributed by atoms with Crippen LogP contribution in [0.3, 0.4) is 0 Å². The highest BCUT2D eigenvalue weighted by Gasteiger charge is 2.54. The fraction of sp³-hybridized carbons (Fsp3) is 0.714. The van der Waals surface area contributed by atoms with E-state index in [0.717, 1.165) is 43.5 Å². The van der Waals surface area contributed by atoms with Crippen molar-refractivity contribution in [3.05, 3.63) is 41.0 Å². The van der Waals surface area contributed by atoms with E-state index in [1.165, 1.54) is 37.7 Å². The number of aliphatic hydroxyl groups is 1. The number of hydrogen-bond acceptors (Lipinski definition) is 4. The number of aliphatic hydroxyl groups excluding tert-OH is 1. The predicted molar refractivity (Wildman–Crippen MR) is 126 cm³/mol. The third-order valence-corrected chi connectivity index (χ3v) is 8.98. The topological polar surface area (TPSA) is 47.9 Å². The minimum absolute atomic E-state index is 0.0731. The maximum Gasteiger partial charge on any atom is 0.199 e. The van der Waals surface area contributed by atoms with Gasteiger partial charge >= 0.3 is 0 Å². The van der Waals surface area contributed by atoms with Gasteiger partial charge in [0.15, 0.2) is 6.29 Å². The summed E-state index contributed by atoms with van der Waals surface area (Å²) in [7, 11) is 0. The zero-order valence-electron chi connectivity index (χ0n) is 19.9. The molecule has 4 aliphatic rings. The van der Waals surface area contributed by atoms with E-state index in [0.29, 0.717) is 30.5 Å². The van der Waals surface area contributed by atoms with E-state index in [-0.39, 0.29) is 12.9 Å². The Balaban J connectivity index is 1.33. The molecule has 0 aromatic heterocycles. The first-order chi connectivity index (χ1) is 15.6. The molecule has 1 unspecified atom stereocenters. The maximum atomic E-state index is 8.97. The van der Waals surface area contributed by atoms with Crippen LogP contribution < -0.4 is 4.74 Å². The molecule has 1 aromatic rings. The SMILES string of the molecule is C[C@@H]1Cc2cc(OC3CCCCO3)ccc2[C@H]2CC[C@]3(C)C(=CCOCCO)CC[C@H]3[C@H]12. The van der Waals surface area contributed by atoms with E-state index >= 15 is 0 Å². The van der Waals surface area contributed by atoms with E-state index in [2.05, 4.69) is 38.1 Å². The Bertz CT molecular complexity index is 827. The highest BCUT2D eigenvalue weighted by Crippen LogP contribution is 2.63. The van der Waals surface area contributed by atoms with Gasteiger partial charge in [0.1, 0.15) is 5.75 Å². The highest BCUT2D eigenvalue weighted by atomic mass is 16.7. The zero-order valence-corrected chi connectivity index (χ0v) is 19.9. The summed E-state index contributed by atoms with van der Waals surface area (Å²) < 4.78 is 17.5. The van der Waals surface area contributed by atoms with Crippen LogP contribution in [0.2, 0.25) is 0 Å². The first kappa shape index (κ1) is 22.4.